The van der Waals surface area contributed by atoms with E-state index in [0.29, 0.717) is 0 Å². The van der Waals surface area contributed by atoms with Gasteiger partial charge in [-0.15, -0.1) is 0 Å². The molecule has 17 heavy (non-hydrogen) atoms. The minimum absolute atomic E-state index is 0. The molecule has 0 spiro atoms. The van der Waals surface area contributed by atoms with Crippen LogP contribution in [0.15, 0.2) is 70.3 Å². The van der Waals surface area contributed by atoms with Crippen LogP contribution in [-0.4, -0.2) is 38.4 Å². The van der Waals surface area contributed by atoms with Gasteiger partial charge in [-0.2, -0.15) is 0 Å². The normalized spacial score (nSPS) is 20.6. The predicted molar refractivity (Wildman–Crippen MR) is 79.8 cm³/mol. The van der Waals surface area contributed by atoms with Gasteiger partial charge in [0, 0.05) is 0 Å². The molecule has 3 aliphatic carbocycles. The fraction of sp³-hybridized carbons (Fsp3) is 0.200. The molecule has 0 nitrogen and oxygen atoms in total. The monoisotopic (exact) mass is 248 g/mol. The Morgan fingerprint density at radius 2 is 1.00 bits per heavy atom. The summed E-state index contributed by atoms with van der Waals surface area (Å²) in [6.07, 6.45) is 24.2. The molecule has 0 heterocycles. The first-order valence-electron chi connectivity index (χ1n) is 6.02. The Morgan fingerprint density at radius 3 is 1.24 bits per heavy atom. The Balaban J connectivity index is 0.00000108. The predicted octanol–water partition coefficient (Wildman–Crippen LogP) is 2.84. The van der Waals surface area contributed by atoms with Crippen LogP contribution < -0.4 is 0 Å². The standard InChI is InChI=1S/C15H16Si.Na.H/c1-2-8-13(7-1)16(14-9-3-4-10-14)15-11-5-6-12-15;;/h1-7,9,11,16H,8,10,12H2;;. The first-order chi connectivity index (χ1) is 7.95. The van der Waals surface area contributed by atoms with E-state index < -0.39 is 8.80 Å². The van der Waals surface area contributed by atoms with Crippen LogP contribution in [0.1, 0.15) is 19.3 Å². The molecule has 0 radical (unpaired) electrons. The molecular formula is C15H17NaSi. The number of hydrogen-bond acceptors (Lipinski definition) is 0. The average Bonchev–Trinajstić information content (AvgIpc) is 3.02. The van der Waals surface area contributed by atoms with Crippen molar-refractivity contribution in [3.8, 4) is 0 Å². The zero-order valence-corrected chi connectivity index (χ0v) is 10.5. The molecule has 0 unspecified atom stereocenters. The van der Waals surface area contributed by atoms with E-state index >= 15 is 0 Å². The molecule has 3 rings (SSSR count). The third kappa shape index (κ3) is 2.74. The molecule has 0 aromatic heterocycles. The van der Waals surface area contributed by atoms with Crippen molar-refractivity contribution >= 4 is 38.4 Å². The maximum atomic E-state index is 2.36. The number of hydrogen-bond donors (Lipinski definition) is 0. The Hall–Kier alpha value is -0.343. The molecule has 0 amide bonds. The van der Waals surface area contributed by atoms with Crippen LogP contribution in [0.4, 0.5) is 0 Å². The molecule has 0 saturated heterocycles. The summed E-state index contributed by atoms with van der Waals surface area (Å²) < 4.78 is 0. The van der Waals surface area contributed by atoms with Gasteiger partial charge in [-0.3, -0.25) is 0 Å². The molecule has 0 atom stereocenters. The molecule has 0 aromatic carbocycles. The zero-order chi connectivity index (χ0) is 10.8. The van der Waals surface area contributed by atoms with Crippen molar-refractivity contribution in [1.82, 2.24) is 0 Å². The average molecular weight is 248 g/mol. The van der Waals surface area contributed by atoms with Gasteiger partial charge < -0.3 is 0 Å². The van der Waals surface area contributed by atoms with E-state index in [2.05, 4.69) is 54.7 Å². The maximum absolute atomic E-state index is 2.36. The quantitative estimate of drug-likeness (QED) is 0.674. The molecular weight excluding hydrogens is 231 g/mol. The Labute approximate surface area is 127 Å². The van der Waals surface area contributed by atoms with Crippen LogP contribution in [0.3, 0.4) is 0 Å². The van der Waals surface area contributed by atoms with E-state index in [4.69, 9.17) is 0 Å². The van der Waals surface area contributed by atoms with Crippen LogP contribution >= 0.6 is 0 Å². The summed E-state index contributed by atoms with van der Waals surface area (Å²) in [4.78, 5) is 0. The van der Waals surface area contributed by atoms with Crippen LogP contribution in [0.25, 0.3) is 0 Å². The summed E-state index contributed by atoms with van der Waals surface area (Å²) in [5.74, 6) is 0. The summed E-state index contributed by atoms with van der Waals surface area (Å²) in [6.45, 7) is 0. The van der Waals surface area contributed by atoms with Crippen LogP contribution in [0.5, 0.6) is 0 Å². The molecule has 2 heteroatoms. The Kier molecular flexibility index (Phi) is 4.63. The van der Waals surface area contributed by atoms with Crippen molar-refractivity contribution in [2.45, 2.75) is 19.3 Å². The molecule has 0 aliphatic heterocycles. The molecule has 3 aliphatic rings. The Bertz CT molecular complexity index is 404. The van der Waals surface area contributed by atoms with Crippen molar-refractivity contribution in [3.63, 3.8) is 0 Å². The van der Waals surface area contributed by atoms with Crippen molar-refractivity contribution in [3.05, 3.63) is 70.3 Å². The topological polar surface area (TPSA) is 0 Å². The number of allylic oxidation sites excluding steroid dienone is 12. The summed E-state index contributed by atoms with van der Waals surface area (Å²) >= 11 is 0. The van der Waals surface area contributed by atoms with E-state index in [1.165, 1.54) is 19.3 Å². The SMILES string of the molecule is C1=CCC([SiH](C2=CC=CC2)C2=CC=CC2)=C1.[NaH]. The summed E-state index contributed by atoms with van der Waals surface area (Å²) in [6, 6.07) is 0. The second-order valence-electron chi connectivity index (χ2n) is 4.55. The van der Waals surface area contributed by atoms with Gasteiger partial charge in [0.05, 0.1) is 0 Å². The minimum atomic E-state index is -0.995. The van der Waals surface area contributed by atoms with E-state index in [0.717, 1.165) is 0 Å². The molecule has 0 bridgehead atoms. The first-order valence-corrected chi connectivity index (χ1v) is 7.75. The summed E-state index contributed by atoms with van der Waals surface area (Å²) in [5, 5.41) is 5.10. The fourth-order valence-electron chi connectivity index (χ4n) is 2.75. The summed E-state index contributed by atoms with van der Waals surface area (Å²) in [5.41, 5.74) is 0. The third-order valence-electron chi connectivity index (χ3n) is 3.51. The second kappa shape index (κ2) is 6.01. The van der Waals surface area contributed by atoms with Crippen LogP contribution in [0, 0.1) is 0 Å². The van der Waals surface area contributed by atoms with Gasteiger partial charge in [0.15, 0.2) is 0 Å². The Morgan fingerprint density at radius 1 is 0.647 bits per heavy atom. The van der Waals surface area contributed by atoms with Crippen molar-refractivity contribution in [1.29, 1.82) is 0 Å². The van der Waals surface area contributed by atoms with E-state index in [1.54, 1.807) is 15.6 Å². The molecule has 82 valence electrons. The van der Waals surface area contributed by atoms with Gasteiger partial charge in [-0.05, 0) is 19.3 Å². The first kappa shape index (κ1) is 13.1. The third-order valence-corrected chi connectivity index (χ3v) is 7.02. The van der Waals surface area contributed by atoms with Crippen LogP contribution in [-0.2, 0) is 0 Å². The fourth-order valence-corrected chi connectivity index (χ4v) is 6.20. The van der Waals surface area contributed by atoms with Gasteiger partial charge in [-0.1, -0.05) is 70.3 Å². The van der Waals surface area contributed by atoms with Crippen molar-refractivity contribution in [2.75, 3.05) is 0 Å². The molecule has 0 N–H and O–H groups in total. The van der Waals surface area contributed by atoms with E-state index in [-0.39, 0.29) is 29.6 Å². The van der Waals surface area contributed by atoms with Gasteiger partial charge in [0.2, 0.25) is 0 Å². The number of rotatable bonds is 3. The van der Waals surface area contributed by atoms with Crippen molar-refractivity contribution < 1.29 is 0 Å². The van der Waals surface area contributed by atoms with Crippen molar-refractivity contribution in [2.24, 2.45) is 0 Å². The zero-order valence-electron chi connectivity index (χ0n) is 9.39. The van der Waals surface area contributed by atoms with Gasteiger partial charge in [0.25, 0.3) is 0 Å². The van der Waals surface area contributed by atoms with Crippen LogP contribution in [0.2, 0.25) is 0 Å². The van der Waals surface area contributed by atoms with Gasteiger partial charge in [0.1, 0.15) is 8.80 Å². The molecule has 0 aromatic rings. The van der Waals surface area contributed by atoms with E-state index in [1.807, 2.05) is 0 Å². The summed E-state index contributed by atoms with van der Waals surface area (Å²) in [7, 11) is -0.995. The van der Waals surface area contributed by atoms with E-state index in [9.17, 15) is 0 Å². The second-order valence-corrected chi connectivity index (χ2v) is 7.65. The molecule has 0 saturated carbocycles. The van der Waals surface area contributed by atoms with Gasteiger partial charge >= 0.3 is 29.6 Å². The van der Waals surface area contributed by atoms with Gasteiger partial charge in [-0.25, -0.2) is 0 Å². The molecule has 0 fully saturated rings.